The molecule has 3 aliphatic rings. The summed E-state index contributed by atoms with van der Waals surface area (Å²) in [5, 5.41) is 0. The van der Waals surface area contributed by atoms with Crippen LogP contribution in [-0.4, -0.2) is 62.7 Å². The fourth-order valence-corrected chi connectivity index (χ4v) is 5.04. The highest BCUT2D eigenvalue weighted by Gasteiger charge is 2.57. The van der Waals surface area contributed by atoms with Crippen molar-refractivity contribution < 1.29 is 9.53 Å². The molecule has 0 aromatic heterocycles. The Bertz CT molecular complexity index is 618. The van der Waals surface area contributed by atoms with Gasteiger partial charge in [-0.1, -0.05) is 30.3 Å². The maximum absolute atomic E-state index is 13.5. The van der Waals surface area contributed by atoms with Gasteiger partial charge in [-0.3, -0.25) is 4.79 Å². The van der Waals surface area contributed by atoms with Crippen molar-refractivity contribution in [2.45, 2.75) is 31.1 Å². The third kappa shape index (κ3) is 3.00. The summed E-state index contributed by atoms with van der Waals surface area (Å²) in [6.45, 7) is 4.57. The minimum Gasteiger partial charge on any atom is -0.381 e. The zero-order valence-corrected chi connectivity index (χ0v) is 15.5. The summed E-state index contributed by atoms with van der Waals surface area (Å²) < 4.78 is 5.64. The fourth-order valence-electron chi connectivity index (χ4n) is 5.04. The molecular weight excluding hydrogens is 312 g/mol. The summed E-state index contributed by atoms with van der Waals surface area (Å²) in [7, 11) is 4.29. The Hall–Kier alpha value is -1.39. The molecule has 1 unspecified atom stereocenters. The summed E-state index contributed by atoms with van der Waals surface area (Å²) in [5.41, 5.74) is 1.23. The van der Waals surface area contributed by atoms with Gasteiger partial charge in [0.05, 0.1) is 5.41 Å². The van der Waals surface area contributed by atoms with E-state index >= 15 is 0 Å². The third-order valence-electron chi connectivity index (χ3n) is 6.66. The second-order valence-corrected chi connectivity index (χ2v) is 8.57. The molecule has 2 heterocycles. The zero-order chi connectivity index (χ0) is 17.5. The molecule has 1 spiro atoms. The van der Waals surface area contributed by atoms with Gasteiger partial charge in [-0.25, -0.2) is 0 Å². The number of amides is 1. The Kier molecular flexibility index (Phi) is 4.37. The number of ether oxygens (including phenoxy) is 1. The van der Waals surface area contributed by atoms with Gasteiger partial charge in [-0.2, -0.15) is 0 Å². The van der Waals surface area contributed by atoms with Crippen LogP contribution in [0.1, 0.15) is 31.2 Å². The van der Waals surface area contributed by atoms with Crippen LogP contribution >= 0.6 is 0 Å². The van der Waals surface area contributed by atoms with Crippen molar-refractivity contribution in [2.24, 2.45) is 11.3 Å². The van der Waals surface area contributed by atoms with E-state index in [2.05, 4.69) is 48.2 Å². The Morgan fingerprint density at radius 2 is 1.84 bits per heavy atom. The number of hydrogen-bond donors (Lipinski definition) is 0. The lowest BCUT2D eigenvalue weighted by molar-refractivity contribution is -0.133. The summed E-state index contributed by atoms with van der Waals surface area (Å²) in [4.78, 5) is 17.9. The first kappa shape index (κ1) is 17.0. The van der Waals surface area contributed by atoms with E-state index in [4.69, 9.17) is 4.74 Å². The number of rotatable bonds is 4. The van der Waals surface area contributed by atoms with E-state index < -0.39 is 0 Å². The highest BCUT2D eigenvalue weighted by atomic mass is 16.5. The molecular formula is C21H30N2O2. The van der Waals surface area contributed by atoms with Crippen LogP contribution in [0.25, 0.3) is 0 Å². The van der Waals surface area contributed by atoms with Crippen LogP contribution in [-0.2, 0) is 14.9 Å². The van der Waals surface area contributed by atoms with Crippen molar-refractivity contribution in [1.82, 2.24) is 9.80 Å². The van der Waals surface area contributed by atoms with Crippen molar-refractivity contribution in [3.63, 3.8) is 0 Å². The first-order valence-corrected chi connectivity index (χ1v) is 9.63. The van der Waals surface area contributed by atoms with E-state index in [1.807, 2.05) is 6.07 Å². The average molecular weight is 342 g/mol. The summed E-state index contributed by atoms with van der Waals surface area (Å²) in [5.74, 6) is 0.924. The van der Waals surface area contributed by atoms with Crippen LogP contribution in [0.5, 0.6) is 0 Å². The molecule has 1 aromatic carbocycles. The lowest BCUT2D eigenvalue weighted by atomic mass is 9.72. The van der Waals surface area contributed by atoms with E-state index in [1.165, 1.54) is 5.56 Å². The molecule has 0 radical (unpaired) electrons. The maximum Gasteiger partial charge on any atom is 0.233 e. The monoisotopic (exact) mass is 342 g/mol. The zero-order valence-electron chi connectivity index (χ0n) is 15.5. The molecule has 0 bridgehead atoms. The Morgan fingerprint density at radius 3 is 2.44 bits per heavy atom. The topological polar surface area (TPSA) is 32.8 Å². The fraction of sp³-hybridized carbons (Fsp3) is 0.667. The van der Waals surface area contributed by atoms with Gasteiger partial charge in [0.15, 0.2) is 0 Å². The quantitative estimate of drug-likeness (QED) is 0.843. The average Bonchev–Trinajstić information content (AvgIpc) is 3.37. The molecule has 1 amide bonds. The number of benzene rings is 1. The van der Waals surface area contributed by atoms with Crippen molar-refractivity contribution in [2.75, 3.05) is 46.9 Å². The number of hydrogen-bond acceptors (Lipinski definition) is 3. The van der Waals surface area contributed by atoms with Gasteiger partial charge in [0.1, 0.15) is 0 Å². The molecule has 4 nitrogen and oxygen atoms in total. The van der Waals surface area contributed by atoms with Crippen LogP contribution < -0.4 is 0 Å². The molecule has 1 atom stereocenters. The Labute approximate surface area is 151 Å². The normalized spacial score (nSPS) is 27.0. The predicted octanol–water partition coefficient (Wildman–Crippen LogP) is 2.54. The molecule has 4 rings (SSSR count). The Morgan fingerprint density at radius 1 is 1.16 bits per heavy atom. The van der Waals surface area contributed by atoms with E-state index in [0.717, 1.165) is 58.5 Å². The predicted molar refractivity (Wildman–Crippen MR) is 98.5 cm³/mol. The molecule has 1 saturated carbocycles. The van der Waals surface area contributed by atoms with Crippen LogP contribution in [0, 0.1) is 11.3 Å². The summed E-state index contributed by atoms with van der Waals surface area (Å²) in [6, 6.07) is 10.4. The lowest BCUT2D eigenvalue weighted by Crippen LogP contribution is -2.41. The molecule has 0 N–H and O–H groups in total. The summed E-state index contributed by atoms with van der Waals surface area (Å²) >= 11 is 0. The SMILES string of the molecule is CN(C)CC1CN(C(=O)C2(c3ccccc3)CC2)CC12CCOCC2. The second kappa shape index (κ2) is 6.40. The van der Waals surface area contributed by atoms with E-state index in [1.54, 1.807) is 0 Å². The first-order valence-electron chi connectivity index (χ1n) is 9.63. The third-order valence-corrected chi connectivity index (χ3v) is 6.66. The van der Waals surface area contributed by atoms with Crippen LogP contribution in [0.3, 0.4) is 0 Å². The summed E-state index contributed by atoms with van der Waals surface area (Å²) in [6.07, 6.45) is 4.18. The van der Waals surface area contributed by atoms with E-state index in [0.29, 0.717) is 11.8 Å². The van der Waals surface area contributed by atoms with Gasteiger partial charge in [0.2, 0.25) is 5.91 Å². The van der Waals surface area contributed by atoms with Crippen molar-refractivity contribution in [1.29, 1.82) is 0 Å². The molecule has 25 heavy (non-hydrogen) atoms. The van der Waals surface area contributed by atoms with Gasteiger partial charge < -0.3 is 14.5 Å². The van der Waals surface area contributed by atoms with Gasteiger partial charge in [0, 0.05) is 32.8 Å². The molecule has 2 saturated heterocycles. The smallest absolute Gasteiger partial charge is 0.233 e. The van der Waals surface area contributed by atoms with Gasteiger partial charge in [-0.05, 0) is 56.7 Å². The lowest BCUT2D eigenvalue weighted by Gasteiger charge is -2.39. The van der Waals surface area contributed by atoms with Gasteiger partial charge in [0.25, 0.3) is 0 Å². The largest absolute Gasteiger partial charge is 0.381 e. The van der Waals surface area contributed by atoms with Crippen molar-refractivity contribution in [3.05, 3.63) is 35.9 Å². The van der Waals surface area contributed by atoms with E-state index in [9.17, 15) is 4.79 Å². The van der Waals surface area contributed by atoms with Gasteiger partial charge >= 0.3 is 0 Å². The maximum atomic E-state index is 13.5. The van der Waals surface area contributed by atoms with Crippen LogP contribution in [0.2, 0.25) is 0 Å². The molecule has 3 fully saturated rings. The van der Waals surface area contributed by atoms with Crippen LogP contribution in [0.15, 0.2) is 30.3 Å². The van der Waals surface area contributed by atoms with Crippen molar-refractivity contribution in [3.8, 4) is 0 Å². The van der Waals surface area contributed by atoms with E-state index in [-0.39, 0.29) is 10.8 Å². The first-order chi connectivity index (χ1) is 12.1. The standard InChI is InChI=1S/C21H30N2O2/c1-22(2)14-18-15-23(16-20(18)10-12-25-13-11-20)19(24)21(8-9-21)17-6-4-3-5-7-17/h3-7,18H,8-16H2,1-2H3. The van der Waals surface area contributed by atoms with Crippen LogP contribution in [0.4, 0.5) is 0 Å². The number of likely N-dealkylation sites (tertiary alicyclic amines) is 1. The second-order valence-electron chi connectivity index (χ2n) is 8.57. The highest BCUT2D eigenvalue weighted by molar-refractivity contribution is 5.91. The van der Waals surface area contributed by atoms with Crippen molar-refractivity contribution >= 4 is 5.91 Å². The number of carbonyl (C=O) groups excluding carboxylic acids is 1. The number of nitrogens with zero attached hydrogens (tertiary/aromatic N) is 2. The Balaban J connectivity index is 1.56. The molecule has 136 valence electrons. The molecule has 1 aliphatic carbocycles. The van der Waals surface area contributed by atoms with Gasteiger partial charge in [-0.15, -0.1) is 0 Å². The number of carbonyl (C=O) groups is 1. The minimum atomic E-state index is -0.235. The molecule has 2 aliphatic heterocycles. The molecule has 1 aromatic rings. The minimum absolute atomic E-state index is 0.235. The highest BCUT2D eigenvalue weighted by Crippen LogP contribution is 2.52. The molecule has 4 heteroatoms.